The third kappa shape index (κ3) is 4.65. The van der Waals surface area contributed by atoms with Crippen molar-refractivity contribution < 1.29 is 9.59 Å². The standard InChI is InChI=1S/C10H17NO2/c12-9-7-5-3-1-2-4-6-8-10(13)11-9/h1-8H2,(H,11,12,13). The molecule has 0 aromatic rings. The van der Waals surface area contributed by atoms with E-state index in [4.69, 9.17) is 0 Å². The second-order valence-corrected chi connectivity index (χ2v) is 3.59. The Morgan fingerprint density at radius 1 is 0.692 bits per heavy atom. The summed E-state index contributed by atoms with van der Waals surface area (Å²) in [5, 5.41) is 2.40. The highest BCUT2D eigenvalue weighted by molar-refractivity contribution is 5.95. The summed E-state index contributed by atoms with van der Waals surface area (Å²) in [5.74, 6) is -0.209. The molecule has 1 aliphatic heterocycles. The number of nitrogens with one attached hydrogen (secondary N) is 1. The van der Waals surface area contributed by atoms with Crippen LogP contribution in [-0.4, -0.2) is 11.8 Å². The van der Waals surface area contributed by atoms with E-state index in [9.17, 15) is 9.59 Å². The van der Waals surface area contributed by atoms with E-state index in [0.29, 0.717) is 12.8 Å². The predicted octanol–water partition coefficient (Wildman–Crippen LogP) is 1.76. The summed E-state index contributed by atoms with van der Waals surface area (Å²) in [7, 11) is 0. The minimum Gasteiger partial charge on any atom is -0.296 e. The fourth-order valence-electron chi connectivity index (χ4n) is 1.56. The number of imide groups is 1. The maximum Gasteiger partial charge on any atom is 0.226 e. The fraction of sp³-hybridized carbons (Fsp3) is 0.800. The van der Waals surface area contributed by atoms with Crippen LogP contribution in [0.15, 0.2) is 0 Å². The average molecular weight is 183 g/mol. The first kappa shape index (κ1) is 10.2. The van der Waals surface area contributed by atoms with Crippen LogP contribution < -0.4 is 5.32 Å². The molecule has 3 heteroatoms. The van der Waals surface area contributed by atoms with Gasteiger partial charge in [-0.2, -0.15) is 0 Å². The molecule has 1 aliphatic rings. The minimum absolute atomic E-state index is 0.105. The highest BCUT2D eigenvalue weighted by Gasteiger charge is 2.08. The molecule has 0 atom stereocenters. The van der Waals surface area contributed by atoms with Crippen LogP contribution in [0.25, 0.3) is 0 Å². The van der Waals surface area contributed by atoms with Crippen LogP contribution in [0, 0.1) is 0 Å². The molecule has 1 saturated heterocycles. The Morgan fingerprint density at radius 2 is 1.08 bits per heavy atom. The Balaban J connectivity index is 2.34. The Morgan fingerprint density at radius 3 is 1.54 bits per heavy atom. The molecule has 0 aromatic heterocycles. The maximum atomic E-state index is 11.1. The number of hydrogen-bond acceptors (Lipinski definition) is 2. The van der Waals surface area contributed by atoms with Gasteiger partial charge in [0.05, 0.1) is 0 Å². The zero-order valence-corrected chi connectivity index (χ0v) is 7.97. The largest absolute Gasteiger partial charge is 0.296 e. The molecule has 1 rings (SSSR count). The van der Waals surface area contributed by atoms with Gasteiger partial charge in [-0.25, -0.2) is 0 Å². The molecule has 13 heavy (non-hydrogen) atoms. The first-order chi connectivity index (χ1) is 6.29. The van der Waals surface area contributed by atoms with E-state index < -0.39 is 0 Å². The van der Waals surface area contributed by atoms with Crippen molar-refractivity contribution in [1.82, 2.24) is 5.32 Å². The average Bonchev–Trinajstić information content (AvgIpc) is 2.11. The van der Waals surface area contributed by atoms with Crippen molar-refractivity contribution in [1.29, 1.82) is 0 Å². The Bertz CT molecular complexity index is 169. The molecular formula is C10H17NO2. The van der Waals surface area contributed by atoms with Crippen LogP contribution in [0.2, 0.25) is 0 Å². The van der Waals surface area contributed by atoms with Crippen LogP contribution in [0.3, 0.4) is 0 Å². The van der Waals surface area contributed by atoms with Gasteiger partial charge in [0, 0.05) is 12.8 Å². The lowest BCUT2D eigenvalue weighted by molar-refractivity contribution is -0.130. The minimum atomic E-state index is -0.105. The monoisotopic (exact) mass is 183 g/mol. The number of hydrogen-bond donors (Lipinski definition) is 1. The van der Waals surface area contributed by atoms with E-state index >= 15 is 0 Å². The van der Waals surface area contributed by atoms with Gasteiger partial charge in [0.1, 0.15) is 0 Å². The molecule has 0 bridgehead atoms. The molecule has 1 fully saturated rings. The van der Waals surface area contributed by atoms with Crippen molar-refractivity contribution in [3.63, 3.8) is 0 Å². The first-order valence-corrected chi connectivity index (χ1v) is 5.12. The fourth-order valence-corrected chi connectivity index (χ4v) is 1.56. The number of amides is 2. The highest BCUT2D eigenvalue weighted by atomic mass is 16.2. The topological polar surface area (TPSA) is 46.2 Å². The molecule has 74 valence electrons. The third-order valence-electron chi connectivity index (χ3n) is 2.34. The van der Waals surface area contributed by atoms with Crippen molar-refractivity contribution in [2.24, 2.45) is 0 Å². The molecule has 1 N–H and O–H groups in total. The third-order valence-corrected chi connectivity index (χ3v) is 2.34. The SMILES string of the molecule is O=C1CCCCCCCCC(=O)N1. The van der Waals surface area contributed by atoms with E-state index in [0.717, 1.165) is 25.7 Å². The molecule has 1 heterocycles. The summed E-state index contributed by atoms with van der Waals surface area (Å²) >= 11 is 0. The lowest BCUT2D eigenvalue weighted by Gasteiger charge is -2.01. The summed E-state index contributed by atoms with van der Waals surface area (Å²) in [5.41, 5.74) is 0. The summed E-state index contributed by atoms with van der Waals surface area (Å²) in [6.45, 7) is 0. The Kier molecular flexibility index (Phi) is 4.50. The van der Waals surface area contributed by atoms with E-state index in [1.807, 2.05) is 0 Å². The van der Waals surface area contributed by atoms with Gasteiger partial charge >= 0.3 is 0 Å². The summed E-state index contributed by atoms with van der Waals surface area (Å²) < 4.78 is 0. The van der Waals surface area contributed by atoms with Crippen LogP contribution >= 0.6 is 0 Å². The number of carbonyl (C=O) groups is 2. The van der Waals surface area contributed by atoms with Crippen molar-refractivity contribution in [3.8, 4) is 0 Å². The lowest BCUT2D eigenvalue weighted by Crippen LogP contribution is -2.29. The van der Waals surface area contributed by atoms with Gasteiger partial charge < -0.3 is 0 Å². The molecular weight excluding hydrogens is 166 g/mol. The normalized spacial score (nSPS) is 21.8. The molecule has 3 nitrogen and oxygen atoms in total. The second kappa shape index (κ2) is 5.73. The van der Waals surface area contributed by atoms with E-state index in [1.54, 1.807) is 0 Å². The zero-order valence-electron chi connectivity index (χ0n) is 7.97. The van der Waals surface area contributed by atoms with Gasteiger partial charge in [0.15, 0.2) is 0 Å². The number of carbonyl (C=O) groups excluding carboxylic acids is 2. The molecule has 0 spiro atoms. The number of rotatable bonds is 0. The summed E-state index contributed by atoms with van der Waals surface area (Å²) in [4.78, 5) is 22.2. The zero-order chi connectivity index (χ0) is 9.52. The van der Waals surface area contributed by atoms with Gasteiger partial charge in [-0.1, -0.05) is 25.7 Å². The van der Waals surface area contributed by atoms with Crippen LogP contribution in [-0.2, 0) is 9.59 Å². The summed E-state index contributed by atoms with van der Waals surface area (Å²) in [6.07, 6.45) is 7.46. The van der Waals surface area contributed by atoms with E-state index in [2.05, 4.69) is 5.32 Å². The van der Waals surface area contributed by atoms with E-state index in [1.165, 1.54) is 12.8 Å². The quantitative estimate of drug-likeness (QED) is 0.582. The van der Waals surface area contributed by atoms with Crippen molar-refractivity contribution in [2.45, 2.75) is 51.4 Å². The lowest BCUT2D eigenvalue weighted by atomic mass is 10.1. The second-order valence-electron chi connectivity index (χ2n) is 3.59. The molecule has 0 saturated carbocycles. The van der Waals surface area contributed by atoms with Gasteiger partial charge in [-0.15, -0.1) is 0 Å². The molecule has 0 unspecified atom stereocenters. The molecule has 0 aromatic carbocycles. The van der Waals surface area contributed by atoms with Gasteiger partial charge in [-0.05, 0) is 12.8 Å². The Labute approximate surface area is 78.9 Å². The maximum absolute atomic E-state index is 11.1. The van der Waals surface area contributed by atoms with Crippen LogP contribution in [0.1, 0.15) is 51.4 Å². The predicted molar refractivity (Wildman–Crippen MR) is 50.1 cm³/mol. The summed E-state index contributed by atoms with van der Waals surface area (Å²) in [6, 6.07) is 0. The van der Waals surface area contributed by atoms with Gasteiger partial charge in [0.2, 0.25) is 11.8 Å². The molecule has 0 radical (unpaired) electrons. The van der Waals surface area contributed by atoms with E-state index in [-0.39, 0.29) is 11.8 Å². The van der Waals surface area contributed by atoms with Crippen molar-refractivity contribution >= 4 is 11.8 Å². The molecule has 2 amide bonds. The van der Waals surface area contributed by atoms with Gasteiger partial charge in [0.25, 0.3) is 0 Å². The van der Waals surface area contributed by atoms with Gasteiger partial charge in [-0.3, -0.25) is 14.9 Å². The van der Waals surface area contributed by atoms with Crippen molar-refractivity contribution in [3.05, 3.63) is 0 Å². The Hall–Kier alpha value is -0.860. The van der Waals surface area contributed by atoms with Crippen LogP contribution in [0.5, 0.6) is 0 Å². The molecule has 0 aliphatic carbocycles. The smallest absolute Gasteiger partial charge is 0.226 e. The first-order valence-electron chi connectivity index (χ1n) is 5.12. The highest BCUT2D eigenvalue weighted by Crippen LogP contribution is 2.09. The van der Waals surface area contributed by atoms with Crippen molar-refractivity contribution in [2.75, 3.05) is 0 Å². The van der Waals surface area contributed by atoms with Crippen LogP contribution in [0.4, 0.5) is 0 Å².